The van der Waals surface area contributed by atoms with Gasteiger partial charge < -0.3 is 14.6 Å². The number of hydrogen-bond acceptors (Lipinski definition) is 4. The van der Waals surface area contributed by atoms with Gasteiger partial charge in [0.05, 0.1) is 25.9 Å². The number of rotatable bonds is 4. The van der Waals surface area contributed by atoms with Crippen LogP contribution in [0, 0.1) is 5.92 Å². The molecule has 1 aliphatic carbocycles. The van der Waals surface area contributed by atoms with E-state index in [4.69, 9.17) is 9.47 Å². The minimum absolute atomic E-state index is 0.138. The molecule has 2 aliphatic heterocycles. The van der Waals surface area contributed by atoms with Crippen LogP contribution in [0.25, 0.3) is 0 Å². The van der Waals surface area contributed by atoms with Gasteiger partial charge in [0.25, 0.3) is 0 Å². The first-order valence-electron chi connectivity index (χ1n) is 9.06. The summed E-state index contributed by atoms with van der Waals surface area (Å²) in [5, 5.41) is 10.3. The average molecular weight is 317 g/mol. The van der Waals surface area contributed by atoms with Crippen molar-refractivity contribution in [3.63, 3.8) is 0 Å². The van der Waals surface area contributed by atoms with Crippen LogP contribution in [0.1, 0.15) is 30.4 Å². The maximum Gasteiger partial charge on any atom is 0.122 e. The van der Waals surface area contributed by atoms with E-state index in [-0.39, 0.29) is 6.10 Å². The zero-order chi connectivity index (χ0) is 15.6. The van der Waals surface area contributed by atoms with Crippen LogP contribution < -0.4 is 4.74 Å². The number of hydrogen-bond donors (Lipinski definition) is 1. The SMILES string of the molecule is OC1CCCC1C1COCCN1CCc1ccc2c(c1)CCO2. The topological polar surface area (TPSA) is 41.9 Å². The Bertz CT molecular complexity index is 547. The molecule has 0 amide bonds. The van der Waals surface area contributed by atoms with Crippen LogP contribution in [0.4, 0.5) is 0 Å². The van der Waals surface area contributed by atoms with Crippen LogP contribution in [0.5, 0.6) is 5.75 Å². The van der Waals surface area contributed by atoms with Crippen molar-refractivity contribution >= 4 is 0 Å². The van der Waals surface area contributed by atoms with Crippen molar-refractivity contribution in [2.75, 3.05) is 32.9 Å². The van der Waals surface area contributed by atoms with E-state index in [1.807, 2.05) is 0 Å². The van der Waals surface area contributed by atoms with E-state index in [2.05, 4.69) is 23.1 Å². The van der Waals surface area contributed by atoms with Gasteiger partial charge in [-0.1, -0.05) is 18.6 Å². The molecule has 4 heteroatoms. The minimum atomic E-state index is -0.138. The predicted molar refractivity (Wildman–Crippen MR) is 88.9 cm³/mol. The highest BCUT2D eigenvalue weighted by Gasteiger charge is 2.37. The number of ether oxygens (including phenoxy) is 2. The molecular formula is C19H27NO3. The summed E-state index contributed by atoms with van der Waals surface area (Å²) >= 11 is 0. The summed E-state index contributed by atoms with van der Waals surface area (Å²) in [7, 11) is 0. The van der Waals surface area contributed by atoms with Crippen molar-refractivity contribution < 1.29 is 14.6 Å². The monoisotopic (exact) mass is 317 g/mol. The highest BCUT2D eigenvalue weighted by Crippen LogP contribution is 2.32. The summed E-state index contributed by atoms with van der Waals surface area (Å²) in [6.07, 6.45) is 5.22. The highest BCUT2D eigenvalue weighted by molar-refractivity contribution is 5.39. The molecule has 4 rings (SSSR count). The molecule has 2 fully saturated rings. The predicted octanol–water partition coefficient (Wildman–Crippen LogP) is 2.03. The number of benzene rings is 1. The number of nitrogens with zero attached hydrogens (tertiary/aromatic N) is 1. The molecule has 1 aromatic rings. The van der Waals surface area contributed by atoms with Gasteiger partial charge in [-0.2, -0.15) is 0 Å². The molecule has 1 N–H and O–H groups in total. The Morgan fingerprint density at radius 2 is 2.17 bits per heavy atom. The maximum absolute atomic E-state index is 10.3. The zero-order valence-electron chi connectivity index (χ0n) is 13.7. The van der Waals surface area contributed by atoms with Gasteiger partial charge in [0, 0.05) is 31.5 Å². The number of aliphatic hydroxyl groups excluding tert-OH is 1. The van der Waals surface area contributed by atoms with Gasteiger partial charge in [-0.05, 0) is 36.5 Å². The third-order valence-electron chi connectivity index (χ3n) is 5.75. The summed E-state index contributed by atoms with van der Waals surface area (Å²) in [6, 6.07) is 7.01. The number of morpholine rings is 1. The third kappa shape index (κ3) is 3.25. The molecule has 1 aromatic carbocycles. The van der Waals surface area contributed by atoms with Crippen LogP contribution in [-0.2, 0) is 17.6 Å². The summed E-state index contributed by atoms with van der Waals surface area (Å²) in [5.74, 6) is 1.45. The Kier molecular flexibility index (Phi) is 4.56. The zero-order valence-corrected chi connectivity index (χ0v) is 13.7. The Labute approximate surface area is 138 Å². The smallest absolute Gasteiger partial charge is 0.122 e. The van der Waals surface area contributed by atoms with E-state index in [1.54, 1.807) is 0 Å². The second-order valence-electron chi connectivity index (χ2n) is 7.13. The normalized spacial score (nSPS) is 31.1. The van der Waals surface area contributed by atoms with Crippen LogP contribution in [0.3, 0.4) is 0 Å². The van der Waals surface area contributed by atoms with Crippen molar-refractivity contribution in [3.8, 4) is 5.75 Å². The van der Waals surface area contributed by atoms with Gasteiger partial charge in [-0.15, -0.1) is 0 Å². The molecule has 1 saturated carbocycles. The first-order chi connectivity index (χ1) is 11.3. The lowest BCUT2D eigenvalue weighted by Gasteiger charge is -2.40. The molecule has 23 heavy (non-hydrogen) atoms. The molecule has 0 bridgehead atoms. The molecule has 3 unspecified atom stereocenters. The van der Waals surface area contributed by atoms with Crippen LogP contribution in [0.15, 0.2) is 18.2 Å². The fraction of sp³-hybridized carbons (Fsp3) is 0.684. The van der Waals surface area contributed by atoms with Gasteiger partial charge in [-0.3, -0.25) is 4.90 Å². The highest BCUT2D eigenvalue weighted by atomic mass is 16.5. The van der Waals surface area contributed by atoms with E-state index in [1.165, 1.54) is 11.1 Å². The standard InChI is InChI=1S/C19H27NO3/c21-18-3-1-2-16(18)17-13-22-11-9-20(17)8-6-14-4-5-19-15(12-14)7-10-23-19/h4-5,12,16-18,21H,1-3,6-11,13H2. The number of fused-ring (bicyclic) bond motifs is 1. The minimum Gasteiger partial charge on any atom is -0.493 e. The molecular weight excluding hydrogens is 290 g/mol. The molecule has 1 saturated heterocycles. The maximum atomic E-state index is 10.3. The quantitative estimate of drug-likeness (QED) is 0.923. The Hall–Kier alpha value is -1.10. The molecule has 0 spiro atoms. The summed E-state index contributed by atoms with van der Waals surface area (Å²) in [4.78, 5) is 2.55. The van der Waals surface area contributed by atoms with E-state index < -0.39 is 0 Å². The molecule has 2 heterocycles. The summed E-state index contributed by atoms with van der Waals surface area (Å²) in [5.41, 5.74) is 2.75. The molecule has 0 radical (unpaired) electrons. The number of aliphatic hydroxyl groups is 1. The van der Waals surface area contributed by atoms with Crippen LogP contribution >= 0.6 is 0 Å². The molecule has 126 valence electrons. The molecule has 3 atom stereocenters. The fourth-order valence-corrected chi connectivity index (χ4v) is 4.42. The largest absolute Gasteiger partial charge is 0.493 e. The van der Waals surface area contributed by atoms with Crippen LogP contribution in [-0.4, -0.2) is 55.1 Å². The third-order valence-corrected chi connectivity index (χ3v) is 5.75. The first kappa shape index (κ1) is 15.4. The van der Waals surface area contributed by atoms with Crippen molar-refractivity contribution in [1.82, 2.24) is 4.90 Å². The van der Waals surface area contributed by atoms with Gasteiger partial charge in [0.2, 0.25) is 0 Å². The lowest BCUT2D eigenvalue weighted by molar-refractivity contribution is -0.0494. The lowest BCUT2D eigenvalue weighted by Crippen LogP contribution is -2.51. The van der Waals surface area contributed by atoms with Crippen molar-refractivity contribution in [2.45, 2.75) is 44.2 Å². The van der Waals surface area contributed by atoms with Crippen molar-refractivity contribution in [3.05, 3.63) is 29.3 Å². The van der Waals surface area contributed by atoms with Gasteiger partial charge in [0.1, 0.15) is 5.75 Å². The average Bonchev–Trinajstić information content (AvgIpc) is 3.21. The molecule has 3 aliphatic rings. The summed E-state index contributed by atoms with van der Waals surface area (Å²) in [6.45, 7) is 4.46. The molecule has 4 nitrogen and oxygen atoms in total. The van der Waals surface area contributed by atoms with Gasteiger partial charge in [0.15, 0.2) is 0 Å². The Morgan fingerprint density at radius 3 is 3.04 bits per heavy atom. The van der Waals surface area contributed by atoms with Crippen molar-refractivity contribution in [2.24, 2.45) is 5.92 Å². The Morgan fingerprint density at radius 1 is 1.22 bits per heavy atom. The first-order valence-corrected chi connectivity index (χ1v) is 9.06. The van der Waals surface area contributed by atoms with Gasteiger partial charge in [-0.25, -0.2) is 0 Å². The van der Waals surface area contributed by atoms with E-state index in [9.17, 15) is 5.11 Å². The van der Waals surface area contributed by atoms with Crippen molar-refractivity contribution in [1.29, 1.82) is 0 Å². The molecule has 0 aromatic heterocycles. The second kappa shape index (κ2) is 6.80. The van der Waals surface area contributed by atoms with Gasteiger partial charge >= 0.3 is 0 Å². The summed E-state index contributed by atoms with van der Waals surface area (Å²) < 4.78 is 11.3. The van der Waals surface area contributed by atoms with E-state index in [0.29, 0.717) is 12.0 Å². The Balaban J connectivity index is 1.40. The van der Waals surface area contributed by atoms with E-state index >= 15 is 0 Å². The van der Waals surface area contributed by atoms with E-state index in [0.717, 1.165) is 70.8 Å². The lowest BCUT2D eigenvalue weighted by atomic mass is 9.94. The second-order valence-corrected chi connectivity index (χ2v) is 7.13. The fourth-order valence-electron chi connectivity index (χ4n) is 4.42. The van der Waals surface area contributed by atoms with Crippen LogP contribution in [0.2, 0.25) is 0 Å².